The summed E-state index contributed by atoms with van der Waals surface area (Å²) in [5.41, 5.74) is 2.09. The zero-order chi connectivity index (χ0) is 12.6. The van der Waals surface area contributed by atoms with E-state index in [0.29, 0.717) is 6.04 Å². The van der Waals surface area contributed by atoms with Crippen LogP contribution in [-0.2, 0) is 0 Å². The highest BCUT2D eigenvalue weighted by molar-refractivity contribution is 7.71. The summed E-state index contributed by atoms with van der Waals surface area (Å²) in [6.07, 6.45) is 0.157. The molecule has 0 unspecified atom stereocenters. The number of nitrogens with one attached hydrogen (secondary N) is 1. The maximum absolute atomic E-state index is 5.78. The van der Waals surface area contributed by atoms with Gasteiger partial charge in [0.05, 0.1) is 11.6 Å². The molecule has 0 atom stereocenters. The van der Waals surface area contributed by atoms with Gasteiger partial charge >= 0.3 is 0 Å². The first-order valence-corrected chi connectivity index (χ1v) is 6.31. The number of hydrogen-bond donors (Lipinski definition) is 1. The fraction of sp³-hybridized carbons (Fsp3) is 0.462. The standard InChI is InChI=1S/C13H18N2OS/c1-8(2)15-10-6-5-7-11(16-9(3)4)12(10)14-13(15)17/h5-9H,1-4H3,(H,14,17). The third-order valence-corrected chi connectivity index (χ3v) is 2.89. The van der Waals surface area contributed by atoms with Crippen LogP contribution in [0.5, 0.6) is 5.75 Å². The highest BCUT2D eigenvalue weighted by Crippen LogP contribution is 2.27. The Morgan fingerprint density at radius 3 is 2.53 bits per heavy atom. The quantitative estimate of drug-likeness (QED) is 0.832. The van der Waals surface area contributed by atoms with Gasteiger partial charge in [0.2, 0.25) is 0 Å². The molecular weight excluding hydrogens is 232 g/mol. The van der Waals surface area contributed by atoms with Crippen LogP contribution in [0.3, 0.4) is 0 Å². The molecule has 17 heavy (non-hydrogen) atoms. The van der Waals surface area contributed by atoms with Crippen LogP contribution in [0.15, 0.2) is 18.2 Å². The van der Waals surface area contributed by atoms with Gasteiger partial charge in [-0.3, -0.25) is 0 Å². The zero-order valence-corrected chi connectivity index (χ0v) is 11.5. The highest BCUT2D eigenvalue weighted by Gasteiger charge is 2.11. The van der Waals surface area contributed by atoms with Crippen LogP contribution >= 0.6 is 12.2 Å². The molecule has 3 nitrogen and oxygen atoms in total. The number of para-hydroxylation sites is 1. The Morgan fingerprint density at radius 2 is 1.94 bits per heavy atom. The van der Waals surface area contributed by atoms with Crippen LogP contribution in [0.2, 0.25) is 0 Å². The lowest BCUT2D eigenvalue weighted by Crippen LogP contribution is -2.06. The normalized spacial score (nSPS) is 11.6. The molecule has 1 aromatic heterocycles. The molecule has 1 heterocycles. The largest absolute Gasteiger partial charge is 0.489 e. The van der Waals surface area contributed by atoms with Crippen molar-refractivity contribution in [1.29, 1.82) is 0 Å². The molecular formula is C13H18N2OS. The molecule has 2 aromatic rings. The summed E-state index contributed by atoms with van der Waals surface area (Å²) in [7, 11) is 0. The SMILES string of the molecule is CC(C)Oc1cccc2c1[nH]c(=S)n2C(C)C. The smallest absolute Gasteiger partial charge is 0.178 e. The van der Waals surface area contributed by atoms with E-state index in [1.54, 1.807) is 0 Å². The van der Waals surface area contributed by atoms with Crippen molar-refractivity contribution in [3.05, 3.63) is 23.0 Å². The predicted molar refractivity (Wildman–Crippen MR) is 73.3 cm³/mol. The molecule has 0 saturated heterocycles. The van der Waals surface area contributed by atoms with Gasteiger partial charge in [0.25, 0.3) is 0 Å². The van der Waals surface area contributed by atoms with E-state index < -0.39 is 0 Å². The summed E-state index contributed by atoms with van der Waals surface area (Å²) in [4.78, 5) is 3.24. The van der Waals surface area contributed by atoms with Gasteiger partial charge in [0, 0.05) is 6.04 Å². The van der Waals surface area contributed by atoms with Crippen molar-refractivity contribution in [3.63, 3.8) is 0 Å². The van der Waals surface area contributed by atoms with Gasteiger partial charge in [0.15, 0.2) is 4.77 Å². The Hall–Kier alpha value is -1.29. The number of rotatable bonds is 3. The summed E-state index contributed by atoms with van der Waals surface area (Å²) < 4.78 is 8.64. The van der Waals surface area contributed by atoms with Crippen LogP contribution in [0, 0.1) is 4.77 Å². The summed E-state index contributed by atoms with van der Waals surface area (Å²) in [5, 5.41) is 0. The number of fused-ring (bicyclic) bond motifs is 1. The number of benzene rings is 1. The number of H-pyrrole nitrogens is 1. The third kappa shape index (κ3) is 2.22. The molecule has 0 fully saturated rings. The maximum Gasteiger partial charge on any atom is 0.178 e. The lowest BCUT2D eigenvalue weighted by molar-refractivity contribution is 0.245. The van der Waals surface area contributed by atoms with Crippen molar-refractivity contribution >= 4 is 23.3 Å². The van der Waals surface area contributed by atoms with Crippen LogP contribution < -0.4 is 4.74 Å². The average molecular weight is 250 g/mol. The molecule has 1 N–H and O–H groups in total. The van der Waals surface area contributed by atoms with Crippen molar-refractivity contribution in [2.75, 3.05) is 0 Å². The van der Waals surface area contributed by atoms with E-state index in [1.165, 1.54) is 0 Å². The molecule has 0 aliphatic carbocycles. The highest BCUT2D eigenvalue weighted by atomic mass is 32.1. The third-order valence-electron chi connectivity index (χ3n) is 2.59. The predicted octanol–water partition coefficient (Wildman–Crippen LogP) is 4.07. The van der Waals surface area contributed by atoms with Gasteiger partial charge in [-0.2, -0.15) is 0 Å². The van der Waals surface area contributed by atoms with E-state index in [1.807, 2.05) is 26.0 Å². The van der Waals surface area contributed by atoms with Crippen molar-refractivity contribution in [2.24, 2.45) is 0 Å². The maximum atomic E-state index is 5.78. The van der Waals surface area contributed by atoms with E-state index in [2.05, 4.69) is 29.5 Å². The first kappa shape index (κ1) is 12.2. The summed E-state index contributed by atoms with van der Waals surface area (Å²) >= 11 is 5.35. The van der Waals surface area contributed by atoms with E-state index in [9.17, 15) is 0 Å². The summed E-state index contributed by atoms with van der Waals surface area (Å²) in [6, 6.07) is 6.37. The monoisotopic (exact) mass is 250 g/mol. The van der Waals surface area contributed by atoms with Gasteiger partial charge in [-0.1, -0.05) is 6.07 Å². The first-order chi connectivity index (χ1) is 8.00. The summed E-state index contributed by atoms with van der Waals surface area (Å²) in [6.45, 7) is 8.29. The van der Waals surface area contributed by atoms with E-state index in [0.717, 1.165) is 21.6 Å². The van der Waals surface area contributed by atoms with E-state index in [-0.39, 0.29) is 6.10 Å². The molecule has 0 aliphatic heterocycles. The van der Waals surface area contributed by atoms with Crippen LogP contribution in [0.4, 0.5) is 0 Å². The molecule has 0 aliphatic rings. The van der Waals surface area contributed by atoms with Gasteiger partial charge in [0.1, 0.15) is 11.3 Å². The van der Waals surface area contributed by atoms with Gasteiger partial charge < -0.3 is 14.3 Å². The number of aromatic nitrogens is 2. The first-order valence-electron chi connectivity index (χ1n) is 5.90. The van der Waals surface area contributed by atoms with Gasteiger partial charge in [-0.05, 0) is 52.0 Å². The molecule has 0 amide bonds. The van der Waals surface area contributed by atoms with E-state index in [4.69, 9.17) is 17.0 Å². The van der Waals surface area contributed by atoms with Crippen molar-refractivity contribution < 1.29 is 4.74 Å². The Morgan fingerprint density at radius 1 is 1.24 bits per heavy atom. The van der Waals surface area contributed by atoms with Crippen molar-refractivity contribution in [3.8, 4) is 5.75 Å². The lowest BCUT2D eigenvalue weighted by Gasteiger charge is -2.11. The van der Waals surface area contributed by atoms with Crippen LogP contribution in [-0.4, -0.2) is 15.7 Å². The molecule has 0 radical (unpaired) electrons. The van der Waals surface area contributed by atoms with E-state index >= 15 is 0 Å². The minimum absolute atomic E-state index is 0.157. The molecule has 0 saturated carbocycles. The molecule has 0 spiro atoms. The van der Waals surface area contributed by atoms with Gasteiger partial charge in [-0.25, -0.2) is 0 Å². The number of hydrogen-bond acceptors (Lipinski definition) is 2. The Balaban J connectivity index is 2.67. The fourth-order valence-corrected chi connectivity index (χ4v) is 2.40. The minimum atomic E-state index is 0.157. The second-order valence-electron chi connectivity index (χ2n) is 4.71. The number of imidazole rings is 1. The minimum Gasteiger partial charge on any atom is -0.489 e. The number of aromatic amines is 1. The molecule has 92 valence electrons. The number of nitrogens with zero attached hydrogens (tertiary/aromatic N) is 1. The van der Waals surface area contributed by atoms with Crippen LogP contribution in [0.1, 0.15) is 33.7 Å². The van der Waals surface area contributed by atoms with Crippen molar-refractivity contribution in [1.82, 2.24) is 9.55 Å². The second kappa shape index (κ2) is 4.53. The zero-order valence-electron chi connectivity index (χ0n) is 10.7. The lowest BCUT2D eigenvalue weighted by atomic mass is 10.2. The average Bonchev–Trinajstić information content (AvgIpc) is 2.54. The van der Waals surface area contributed by atoms with Gasteiger partial charge in [-0.15, -0.1) is 0 Å². The van der Waals surface area contributed by atoms with Crippen molar-refractivity contribution in [2.45, 2.75) is 39.8 Å². The second-order valence-corrected chi connectivity index (χ2v) is 5.10. The number of ether oxygens (including phenoxy) is 1. The van der Waals surface area contributed by atoms with Crippen LogP contribution in [0.25, 0.3) is 11.0 Å². The molecule has 0 bridgehead atoms. The topological polar surface area (TPSA) is 29.9 Å². The Kier molecular flexibility index (Phi) is 3.24. The Bertz CT molecular complexity index is 581. The Labute approximate surface area is 106 Å². The summed E-state index contributed by atoms with van der Waals surface area (Å²) in [5.74, 6) is 0.864. The molecule has 1 aromatic carbocycles. The fourth-order valence-electron chi connectivity index (χ4n) is 1.99. The molecule has 4 heteroatoms. The molecule has 2 rings (SSSR count).